The summed E-state index contributed by atoms with van der Waals surface area (Å²) in [5.74, 6) is -0.880. The van der Waals surface area contributed by atoms with E-state index in [-0.39, 0.29) is 12.3 Å². The third kappa shape index (κ3) is 4.72. The molecule has 0 unspecified atom stereocenters. The number of halogens is 3. The van der Waals surface area contributed by atoms with E-state index in [0.717, 1.165) is 0 Å². The molecule has 130 valence electrons. The molecule has 0 radical (unpaired) electrons. The van der Waals surface area contributed by atoms with Crippen molar-refractivity contribution in [3.05, 3.63) is 47.8 Å². The number of carbonyl (C=O) groups excluding carboxylic acids is 1. The van der Waals surface area contributed by atoms with Gasteiger partial charge in [0.05, 0.1) is 6.20 Å². The third-order valence-corrected chi connectivity index (χ3v) is 3.23. The monoisotopic (exact) mass is 343 g/mol. The fraction of sp³-hybridized carbons (Fsp3) is 0.333. The Labute approximate surface area is 136 Å². The number of nitrogens with zero attached hydrogens (tertiary/aromatic N) is 3. The highest BCUT2D eigenvalue weighted by atomic mass is 19.4. The van der Waals surface area contributed by atoms with Crippen LogP contribution in [-0.2, 0) is 18.4 Å². The second kappa shape index (κ2) is 6.91. The average Bonchev–Trinajstić information content (AvgIpc) is 2.92. The number of rotatable bonds is 5. The van der Waals surface area contributed by atoms with Crippen LogP contribution in [0, 0.1) is 0 Å². The van der Waals surface area contributed by atoms with E-state index in [2.05, 4.69) is 9.84 Å². The molecule has 1 heterocycles. The maximum absolute atomic E-state index is 12.2. The molecule has 1 N–H and O–H groups in total. The van der Waals surface area contributed by atoms with Gasteiger partial charge in [-0.2, -0.15) is 5.10 Å². The number of aryl methyl sites for hydroxylation is 1. The Kier molecular flexibility index (Phi) is 5.13. The molecular formula is C15H16F3N3O3. The highest BCUT2D eigenvalue weighted by molar-refractivity contribution is 5.81. The lowest BCUT2D eigenvalue weighted by molar-refractivity contribution is -0.274. The van der Waals surface area contributed by atoms with E-state index in [9.17, 15) is 23.1 Å². The third-order valence-electron chi connectivity index (χ3n) is 3.23. The van der Waals surface area contributed by atoms with E-state index in [1.165, 1.54) is 53.3 Å². The van der Waals surface area contributed by atoms with Crippen LogP contribution >= 0.6 is 0 Å². The summed E-state index contributed by atoms with van der Waals surface area (Å²) in [4.78, 5) is 13.5. The number of aliphatic hydroxyl groups excluding tert-OH is 1. The fourth-order valence-electron chi connectivity index (χ4n) is 2.08. The number of aromatic nitrogens is 2. The van der Waals surface area contributed by atoms with E-state index in [1.807, 2.05) is 0 Å². The van der Waals surface area contributed by atoms with Gasteiger partial charge in [0.15, 0.2) is 6.10 Å². The highest BCUT2D eigenvalue weighted by Crippen LogP contribution is 2.23. The summed E-state index contributed by atoms with van der Waals surface area (Å²) in [5.41, 5.74) is 0.960. The molecule has 0 fully saturated rings. The van der Waals surface area contributed by atoms with Crippen LogP contribution in [0.1, 0.15) is 17.2 Å². The van der Waals surface area contributed by atoms with Gasteiger partial charge < -0.3 is 14.7 Å². The molecule has 2 aromatic rings. The van der Waals surface area contributed by atoms with Crippen LogP contribution in [0.25, 0.3) is 0 Å². The van der Waals surface area contributed by atoms with Gasteiger partial charge in [0, 0.05) is 32.4 Å². The molecule has 0 aliphatic carbocycles. The van der Waals surface area contributed by atoms with Crippen LogP contribution in [0.3, 0.4) is 0 Å². The van der Waals surface area contributed by atoms with Crippen LogP contribution < -0.4 is 4.74 Å². The molecule has 0 bridgehead atoms. The first kappa shape index (κ1) is 17.8. The molecule has 1 amide bonds. The van der Waals surface area contributed by atoms with Crippen molar-refractivity contribution < 1.29 is 27.8 Å². The molecule has 0 spiro atoms. The van der Waals surface area contributed by atoms with Crippen LogP contribution in [0.5, 0.6) is 5.75 Å². The van der Waals surface area contributed by atoms with Gasteiger partial charge in [-0.25, -0.2) is 0 Å². The van der Waals surface area contributed by atoms with Crippen molar-refractivity contribution in [1.29, 1.82) is 0 Å². The molecule has 9 heteroatoms. The van der Waals surface area contributed by atoms with Crippen molar-refractivity contribution in [3.63, 3.8) is 0 Å². The normalized spacial score (nSPS) is 12.8. The predicted molar refractivity (Wildman–Crippen MR) is 77.8 cm³/mol. The zero-order valence-electron chi connectivity index (χ0n) is 13.0. The number of benzene rings is 1. The molecule has 6 nitrogen and oxygen atoms in total. The van der Waals surface area contributed by atoms with Crippen molar-refractivity contribution in [3.8, 4) is 5.75 Å². The number of ether oxygens (including phenoxy) is 1. The van der Waals surface area contributed by atoms with Gasteiger partial charge in [-0.05, 0) is 17.7 Å². The lowest BCUT2D eigenvalue weighted by Crippen LogP contribution is -2.31. The Bertz CT molecular complexity index is 698. The fourth-order valence-corrected chi connectivity index (χ4v) is 2.08. The topological polar surface area (TPSA) is 67.6 Å². The summed E-state index contributed by atoms with van der Waals surface area (Å²) in [6.07, 6.45) is -3.18. The minimum atomic E-state index is -4.75. The SMILES string of the molecule is CN(Cc1ccc(OC(F)(F)F)cc1)C(=O)[C@@H](O)c1cnn(C)c1. The number of alkyl halides is 3. The molecule has 1 aromatic carbocycles. The zero-order valence-corrected chi connectivity index (χ0v) is 13.0. The van der Waals surface area contributed by atoms with Gasteiger partial charge in [-0.3, -0.25) is 9.48 Å². The number of aliphatic hydroxyl groups is 1. The number of hydrogen-bond acceptors (Lipinski definition) is 4. The second-order valence-corrected chi connectivity index (χ2v) is 5.24. The second-order valence-electron chi connectivity index (χ2n) is 5.24. The van der Waals surface area contributed by atoms with E-state index in [0.29, 0.717) is 11.1 Å². The lowest BCUT2D eigenvalue weighted by atomic mass is 10.1. The Morgan fingerprint density at radius 1 is 1.38 bits per heavy atom. The molecule has 0 saturated heterocycles. The minimum Gasteiger partial charge on any atom is -0.406 e. The molecule has 0 aliphatic heterocycles. The van der Waals surface area contributed by atoms with Crippen LogP contribution in [-0.4, -0.2) is 39.1 Å². The zero-order chi connectivity index (χ0) is 17.9. The summed E-state index contributed by atoms with van der Waals surface area (Å²) in [7, 11) is 3.15. The van der Waals surface area contributed by atoms with E-state index in [4.69, 9.17) is 0 Å². The smallest absolute Gasteiger partial charge is 0.406 e. The summed E-state index contributed by atoms with van der Waals surface area (Å²) in [6, 6.07) is 5.17. The summed E-state index contributed by atoms with van der Waals surface area (Å²) >= 11 is 0. The van der Waals surface area contributed by atoms with Crippen molar-refractivity contribution in [2.45, 2.75) is 19.0 Å². The molecule has 1 atom stereocenters. The van der Waals surface area contributed by atoms with Gasteiger partial charge in [-0.15, -0.1) is 13.2 Å². The molecule has 0 aliphatic rings. The van der Waals surface area contributed by atoms with Crippen LogP contribution in [0.4, 0.5) is 13.2 Å². The minimum absolute atomic E-state index is 0.127. The van der Waals surface area contributed by atoms with Gasteiger partial charge >= 0.3 is 6.36 Å². The van der Waals surface area contributed by atoms with Crippen LogP contribution in [0.15, 0.2) is 36.7 Å². The highest BCUT2D eigenvalue weighted by Gasteiger charge is 2.31. The number of hydrogen-bond donors (Lipinski definition) is 1. The van der Waals surface area contributed by atoms with Gasteiger partial charge in [0.2, 0.25) is 0 Å². The molecule has 0 saturated carbocycles. The summed E-state index contributed by atoms with van der Waals surface area (Å²) < 4.78 is 41.5. The average molecular weight is 343 g/mol. The van der Waals surface area contributed by atoms with Crippen molar-refractivity contribution in [2.24, 2.45) is 7.05 Å². The molecular weight excluding hydrogens is 327 g/mol. The largest absolute Gasteiger partial charge is 0.573 e. The van der Waals surface area contributed by atoms with E-state index >= 15 is 0 Å². The maximum Gasteiger partial charge on any atom is 0.573 e. The first-order valence-electron chi connectivity index (χ1n) is 6.92. The van der Waals surface area contributed by atoms with Crippen LogP contribution in [0.2, 0.25) is 0 Å². The first-order valence-corrected chi connectivity index (χ1v) is 6.92. The quantitative estimate of drug-likeness (QED) is 0.902. The predicted octanol–water partition coefficient (Wildman–Crippen LogP) is 2.01. The summed E-state index contributed by atoms with van der Waals surface area (Å²) in [6.45, 7) is 0.127. The Hall–Kier alpha value is -2.55. The standard InChI is InChI=1S/C15H16F3N3O3/c1-20(14(23)13(22)11-7-19-21(2)9-11)8-10-3-5-12(6-4-10)24-15(16,17)18/h3-7,9,13,22H,8H2,1-2H3/t13-/m0/s1. The van der Waals surface area contributed by atoms with Gasteiger partial charge in [-0.1, -0.05) is 12.1 Å². The van der Waals surface area contributed by atoms with Crippen molar-refractivity contribution in [1.82, 2.24) is 14.7 Å². The van der Waals surface area contributed by atoms with E-state index in [1.54, 1.807) is 7.05 Å². The molecule has 24 heavy (non-hydrogen) atoms. The number of carbonyl (C=O) groups is 1. The van der Waals surface area contributed by atoms with Gasteiger partial charge in [0.1, 0.15) is 5.75 Å². The Morgan fingerprint density at radius 3 is 2.50 bits per heavy atom. The lowest BCUT2D eigenvalue weighted by Gasteiger charge is -2.20. The Balaban J connectivity index is 1.98. The summed E-state index contributed by atoms with van der Waals surface area (Å²) in [5, 5.41) is 13.9. The molecule has 1 aromatic heterocycles. The number of likely N-dealkylation sites (N-methyl/N-ethyl adjacent to an activating group) is 1. The number of amides is 1. The first-order chi connectivity index (χ1) is 11.2. The van der Waals surface area contributed by atoms with Crippen molar-refractivity contribution in [2.75, 3.05) is 7.05 Å². The Morgan fingerprint density at radius 2 is 2.00 bits per heavy atom. The van der Waals surface area contributed by atoms with Crippen molar-refractivity contribution >= 4 is 5.91 Å². The molecule has 2 rings (SSSR count). The van der Waals surface area contributed by atoms with Gasteiger partial charge in [0.25, 0.3) is 5.91 Å². The maximum atomic E-state index is 12.2. The van der Waals surface area contributed by atoms with E-state index < -0.39 is 18.4 Å².